The van der Waals surface area contributed by atoms with Gasteiger partial charge in [0.15, 0.2) is 9.84 Å². The quantitative estimate of drug-likeness (QED) is 0.598. The Labute approximate surface area is 115 Å². The second-order valence-corrected chi connectivity index (χ2v) is 7.33. The average Bonchev–Trinajstić information content (AvgIpc) is 2.50. The largest absolute Gasteiger partial charge is 0.368 e. The molecule has 1 fully saturated rings. The predicted molar refractivity (Wildman–Crippen MR) is 73.1 cm³/mol. The van der Waals surface area contributed by atoms with Gasteiger partial charge < -0.3 is 11.1 Å². The SMILES string of the molecule is Cc1nc(N)nc(NC2(C)CCS(=O)(=O)C2)c1[N+](=O)[O-]. The smallest absolute Gasteiger partial charge is 0.332 e. The third kappa shape index (κ3) is 2.79. The van der Waals surface area contributed by atoms with Gasteiger partial charge >= 0.3 is 5.69 Å². The van der Waals surface area contributed by atoms with Crippen molar-refractivity contribution in [2.75, 3.05) is 22.6 Å². The highest BCUT2D eigenvalue weighted by Gasteiger charge is 2.40. The molecule has 0 saturated carbocycles. The lowest BCUT2D eigenvalue weighted by Gasteiger charge is -2.24. The van der Waals surface area contributed by atoms with E-state index in [2.05, 4.69) is 15.3 Å². The van der Waals surface area contributed by atoms with Crippen molar-refractivity contribution < 1.29 is 13.3 Å². The first-order chi connectivity index (χ1) is 9.12. The van der Waals surface area contributed by atoms with Crippen LogP contribution in [-0.2, 0) is 9.84 Å². The van der Waals surface area contributed by atoms with Crippen LogP contribution in [-0.4, -0.2) is 40.4 Å². The van der Waals surface area contributed by atoms with Crippen LogP contribution >= 0.6 is 0 Å². The second kappa shape index (κ2) is 4.54. The van der Waals surface area contributed by atoms with Crippen molar-refractivity contribution in [3.63, 3.8) is 0 Å². The standard InChI is InChI=1S/C10H15N5O4S/c1-6-7(15(16)17)8(13-9(11)12-6)14-10(2)3-4-20(18,19)5-10/h3-5H2,1-2H3,(H3,11,12,13,14). The number of aromatic nitrogens is 2. The summed E-state index contributed by atoms with van der Waals surface area (Å²) in [6.45, 7) is 3.14. The minimum absolute atomic E-state index is 0.0420. The number of sulfone groups is 1. The van der Waals surface area contributed by atoms with Crippen molar-refractivity contribution >= 4 is 27.3 Å². The Kier molecular flexibility index (Phi) is 3.28. The maximum Gasteiger partial charge on any atom is 0.332 e. The summed E-state index contributed by atoms with van der Waals surface area (Å²) in [4.78, 5) is 18.1. The van der Waals surface area contributed by atoms with Gasteiger partial charge in [0.2, 0.25) is 11.8 Å². The van der Waals surface area contributed by atoms with Crippen LogP contribution in [0.15, 0.2) is 0 Å². The number of nitrogens with two attached hydrogens (primary N) is 1. The van der Waals surface area contributed by atoms with Crippen molar-refractivity contribution in [1.82, 2.24) is 9.97 Å². The van der Waals surface area contributed by atoms with Crippen LogP contribution in [0.4, 0.5) is 17.5 Å². The normalized spacial score (nSPS) is 24.5. The molecule has 0 aromatic carbocycles. The molecule has 0 aliphatic carbocycles. The minimum Gasteiger partial charge on any atom is -0.368 e. The summed E-state index contributed by atoms with van der Waals surface area (Å²) in [5, 5.41) is 13.9. The predicted octanol–water partition coefficient (Wildman–Crippen LogP) is 0.265. The number of nitrogens with zero attached hydrogens (tertiary/aromatic N) is 3. The van der Waals surface area contributed by atoms with Crippen molar-refractivity contribution in [3.05, 3.63) is 15.8 Å². The van der Waals surface area contributed by atoms with Crippen molar-refractivity contribution in [2.24, 2.45) is 0 Å². The fourth-order valence-electron chi connectivity index (χ4n) is 2.29. The van der Waals surface area contributed by atoms with E-state index in [1.165, 1.54) is 6.92 Å². The summed E-state index contributed by atoms with van der Waals surface area (Å²) >= 11 is 0. The molecule has 1 saturated heterocycles. The summed E-state index contributed by atoms with van der Waals surface area (Å²) in [6.07, 6.45) is 0.357. The Bertz CT molecular complexity index is 674. The molecule has 1 aromatic heterocycles. The van der Waals surface area contributed by atoms with Crippen molar-refractivity contribution in [2.45, 2.75) is 25.8 Å². The maximum atomic E-state index is 11.6. The molecule has 1 aliphatic heterocycles. The topological polar surface area (TPSA) is 141 Å². The molecule has 0 radical (unpaired) electrons. The highest BCUT2D eigenvalue weighted by molar-refractivity contribution is 7.91. The van der Waals surface area contributed by atoms with Crippen LogP contribution in [0.3, 0.4) is 0 Å². The number of hydrogen-bond donors (Lipinski definition) is 2. The molecule has 10 heteroatoms. The fourth-order valence-corrected chi connectivity index (χ4v) is 4.38. The summed E-state index contributed by atoms with van der Waals surface area (Å²) in [5.74, 6) is -0.191. The Morgan fingerprint density at radius 1 is 1.45 bits per heavy atom. The molecule has 9 nitrogen and oxygen atoms in total. The lowest BCUT2D eigenvalue weighted by Crippen LogP contribution is -2.36. The van der Waals surface area contributed by atoms with Crippen LogP contribution < -0.4 is 11.1 Å². The highest BCUT2D eigenvalue weighted by atomic mass is 32.2. The molecular weight excluding hydrogens is 286 g/mol. The van der Waals surface area contributed by atoms with Gasteiger partial charge in [0.05, 0.1) is 22.0 Å². The van der Waals surface area contributed by atoms with E-state index in [-0.39, 0.29) is 34.7 Å². The van der Waals surface area contributed by atoms with Gasteiger partial charge in [-0.2, -0.15) is 4.98 Å². The molecule has 1 aromatic rings. The number of aryl methyl sites for hydroxylation is 1. The summed E-state index contributed by atoms with van der Waals surface area (Å²) in [5.41, 5.74) is 4.55. The van der Waals surface area contributed by atoms with Gasteiger partial charge in [-0.05, 0) is 20.3 Å². The van der Waals surface area contributed by atoms with Crippen LogP contribution in [0, 0.1) is 17.0 Å². The highest BCUT2D eigenvalue weighted by Crippen LogP contribution is 2.32. The third-order valence-electron chi connectivity index (χ3n) is 3.18. The molecule has 20 heavy (non-hydrogen) atoms. The van der Waals surface area contributed by atoms with Crippen LogP contribution in [0.25, 0.3) is 0 Å². The number of nitrogen functional groups attached to an aromatic ring is 1. The van der Waals surface area contributed by atoms with E-state index in [0.29, 0.717) is 6.42 Å². The average molecular weight is 301 g/mol. The number of nitrogens with one attached hydrogen (secondary N) is 1. The van der Waals surface area contributed by atoms with E-state index in [1.54, 1.807) is 6.92 Å². The van der Waals surface area contributed by atoms with Gasteiger partial charge in [-0.3, -0.25) is 10.1 Å². The molecule has 0 bridgehead atoms. The zero-order valence-corrected chi connectivity index (χ0v) is 11.9. The molecule has 1 unspecified atom stereocenters. The lowest BCUT2D eigenvalue weighted by atomic mass is 10.0. The maximum absolute atomic E-state index is 11.6. The van der Waals surface area contributed by atoms with E-state index in [1.807, 2.05) is 0 Å². The zero-order chi connectivity index (χ0) is 15.1. The van der Waals surface area contributed by atoms with Crippen molar-refractivity contribution in [1.29, 1.82) is 0 Å². The van der Waals surface area contributed by atoms with Gasteiger partial charge in [-0.25, -0.2) is 13.4 Å². The Balaban J connectivity index is 2.41. The molecule has 0 amide bonds. The molecule has 1 aliphatic rings. The van der Waals surface area contributed by atoms with E-state index in [0.717, 1.165) is 0 Å². The van der Waals surface area contributed by atoms with Gasteiger partial charge in [0, 0.05) is 0 Å². The van der Waals surface area contributed by atoms with Crippen LogP contribution in [0.5, 0.6) is 0 Å². The molecule has 110 valence electrons. The number of rotatable bonds is 3. The summed E-state index contributed by atoms with van der Waals surface area (Å²) in [7, 11) is -3.13. The van der Waals surface area contributed by atoms with Gasteiger partial charge in [0.25, 0.3) is 0 Å². The van der Waals surface area contributed by atoms with Crippen LogP contribution in [0.1, 0.15) is 19.0 Å². The molecule has 2 heterocycles. The van der Waals surface area contributed by atoms with E-state index in [9.17, 15) is 18.5 Å². The number of anilines is 2. The third-order valence-corrected chi connectivity index (χ3v) is 5.08. The molecule has 3 N–H and O–H groups in total. The summed E-state index contributed by atoms with van der Waals surface area (Å²) < 4.78 is 23.1. The first-order valence-corrected chi connectivity index (χ1v) is 7.71. The first kappa shape index (κ1) is 14.4. The van der Waals surface area contributed by atoms with Gasteiger partial charge in [-0.15, -0.1) is 0 Å². The number of hydrogen-bond acceptors (Lipinski definition) is 8. The zero-order valence-electron chi connectivity index (χ0n) is 11.1. The molecular formula is C10H15N5O4S. The van der Waals surface area contributed by atoms with E-state index < -0.39 is 20.3 Å². The van der Waals surface area contributed by atoms with Gasteiger partial charge in [0.1, 0.15) is 5.69 Å². The minimum atomic E-state index is -3.13. The first-order valence-electron chi connectivity index (χ1n) is 5.89. The Morgan fingerprint density at radius 3 is 2.60 bits per heavy atom. The number of nitro groups is 1. The molecule has 0 spiro atoms. The van der Waals surface area contributed by atoms with E-state index in [4.69, 9.17) is 5.73 Å². The lowest BCUT2D eigenvalue weighted by molar-refractivity contribution is -0.385. The molecule has 2 rings (SSSR count). The Morgan fingerprint density at radius 2 is 2.10 bits per heavy atom. The van der Waals surface area contributed by atoms with Crippen molar-refractivity contribution in [3.8, 4) is 0 Å². The second-order valence-electron chi connectivity index (χ2n) is 5.15. The monoisotopic (exact) mass is 301 g/mol. The van der Waals surface area contributed by atoms with Crippen LogP contribution in [0.2, 0.25) is 0 Å². The Hall–Kier alpha value is -1.97. The molecule has 1 atom stereocenters. The fraction of sp³-hybridized carbons (Fsp3) is 0.600. The summed E-state index contributed by atoms with van der Waals surface area (Å²) in [6, 6.07) is 0. The van der Waals surface area contributed by atoms with E-state index >= 15 is 0 Å². The van der Waals surface area contributed by atoms with Gasteiger partial charge in [-0.1, -0.05) is 0 Å².